The summed E-state index contributed by atoms with van der Waals surface area (Å²) in [5.74, 6) is 0. The lowest BCUT2D eigenvalue weighted by Crippen LogP contribution is -2.26. The van der Waals surface area contributed by atoms with E-state index in [1.165, 1.54) is 24.8 Å². The molecule has 0 bridgehead atoms. The number of nitrogens with one attached hydrogen (secondary N) is 1. The standard InChI is InChI=1S/C11H13BrClN/c12-8-4-5-10(13)9(7-8)11-3-1-2-6-14-11/h4-5,7,11,14H,1-3,6H2/t11-/m1/s1. The van der Waals surface area contributed by atoms with Crippen LogP contribution in [-0.4, -0.2) is 6.54 Å². The molecule has 14 heavy (non-hydrogen) atoms. The second-order valence-corrected chi connectivity index (χ2v) is 4.99. The monoisotopic (exact) mass is 273 g/mol. The summed E-state index contributed by atoms with van der Waals surface area (Å²) in [6.45, 7) is 1.10. The third-order valence-corrected chi connectivity index (χ3v) is 3.48. The number of hydrogen-bond donors (Lipinski definition) is 1. The van der Waals surface area contributed by atoms with Gasteiger partial charge in [0.05, 0.1) is 0 Å². The molecular weight excluding hydrogens is 261 g/mol. The molecule has 0 aromatic heterocycles. The molecular formula is C11H13BrClN. The summed E-state index contributed by atoms with van der Waals surface area (Å²) in [5, 5.41) is 4.37. The highest BCUT2D eigenvalue weighted by atomic mass is 79.9. The van der Waals surface area contributed by atoms with E-state index in [9.17, 15) is 0 Å². The average Bonchev–Trinajstić information content (AvgIpc) is 2.23. The van der Waals surface area contributed by atoms with Crippen molar-refractivity contribution in [2.75, 3.05) is 6.54 Å². The van der Waals surface area contributed by atoms with Gasteiger partial charge in [-0.25, -0.2) is 0 Å². The Bertz CT molecular complexity index is 321. The first-order valence-electron chi connectivity index (χ1n) is 4.96. The summed E-state index contributed by atoms with van der Waals surface area (Å²) in [6.07, 6.45) is 3.76. The van der Waals surface area contributed by atoms with Crippen molar-refractivity contribution >= 4 is 27.5 Å². The smallest absolute Gasteiger partial charge is 0.0454 e. The Kier molecular flexibility index (Phi) is 3.47. The summed E-state index contributed by atoms with van der Waals surface area (Å²) in [7, 11) is 0. The van der Waals surface area contributed by atoms with Crippen molar-refractivity contribution in [3.8, 4) is 0 Å². The van der Waals surface area contributed by atoms with Gasteiger partial charge in [-0.3, -0.25) is 0 Å². The Labute approximate surface area is 98.0 Å². The zero-order chi connectivity index (χ0) is 9.97. The molecule has 0 radical (unpaired) electrons. The van der Waals surface area contributed by atoms with Gasteiger partial charge >= 0.3 is 0 Å². The van der Waals surface area contributed by atoms with Crippen LogP contribution in [0.25, 0.3) is 0 Å². The highest BCUT2D eigenvalue weighted by molar-refractivity contribution is 9.10. The molecule has 3 heteroatoms. The van der Waals surface area contributed by atoms with E-state index in [-0.39, 0.29) is 0 Å². The molecule has 2 rings (SSSR count). The fourth-order valence-corrected chi connectivity index (χ4v) is 2.53. The van der Waals surface area contributed by atoms with Crippen molar-refractivity contribution in [2.24, 2.45) is 0 Å². The van der Waals surface area contributed by atoms with Crippen LogP contribution in [0, 0.1) is 0 Å². The molecule has 0 unspecified atom stereocenters. The molecule has 1 heterocycles. The first kappa shape index (κ1) is 10.5. The summed E-state index contributed by atoms with van der Waals surface area (Å²) in [6, 6.07) is 6.49. The minimum absolute atomic E-state index is 0.439. The molecule has 1 aromatic rings. The summed E-state index contributed by atoms with van der Waals surface area (Å²) in [5.41, 5.74) is 1.22. The summed E-state index contributed by atoms with van der Waals surface area (Å²) in [4.78, 5) is 0. The topological polar surface area (TPSA) is 12.0 Å². The molecule has 0 spiro atoms. The predicted molar refractivity (Wildman–Crippen MR) is 63.7 cm³/mol. The maximum absolute atomic E-state index is 6.17. The SMILES string of the molecule is Clc1ccc(Br)cc1[C@H]1CCCCN1. The van der Waals surface area contributed by atoms with Crippen molar-refractivity contribution in [3.05, 3.63) is 33.3 Å². The van der Waals surface area contributed by atoms with E-state index in [4.69, 9.17) is 11.6 Å². The maximum Gasteiger partial charge on any atom is 0.0454 e. The molecule has 0 aliphatic carbocycles. The van der Waals surface area contributed by atoms with Crippen LogP contribution < -0.4 is 5.32 Å². The maximum atomic E-state index is 6.17. The van der Waals surface area contributed by atoms with Gasteiger partial charge < -0.3 is 5.32 Å². The first-order chi connectivity index (χ1) is 6.77. The molecule has 1 atom stereocenters. The van der Waals surface area contributed by atoms with Crippen molar-refractivity contribution in [1.29, 1.82) is 0 Å². The molecule has 1 nitrogen and oxygen atoms in total. The largest absolute Gasteiger partial charge is 0.310 e. The molecule has 1 aliphatic heterocycles. The lowest BCUT2D eigenvalue weighted by Gasteiger charge is -2.24. The molecule has 1 fully saturated rings. The second-order valence-electron chi connectivity index (χ2n) is 3.67. The normalized spacial score (nSPS) is 22.3. The number of piperidine rings is 1. The third kappa shape index (κ3) is 2.30. The molecule has 1 aromatic carbocycles. The Hall–Kier alpha value is -0.0500. The quantitative estimate of drug-likeness (QED) is 0.818. The van der Waals surface area contributed by atoms with E-state index in [2.05, 4.69) is 27.3 Å². The van der Waals surface area contributed by atoms with Crippen LogP contribution in [0.4, 0.5) is 0 Å². The van der Waals surface area contributed by atoms with Crippen LogP contribution in [-0.2, 0) is 0 Å². The van der Waals surface area contributed by atoms with Gasteiger partial charge in [0.25, 0.3) is 0 Å². The van der Waals surface area contributed by atoms with E-state index in [0.29, 0.717) is 6.04 Å². The Morgan fingerprint density at radius 2 is 2.21 bits per heavy atom. The van der Waals surface area contributed by atoms with Gasteiger partial charge in [0.1, 0.15) is 0 Å². The zero-order valence-corrected chi connectivity index (χ0v) is 10.2. The average molecular weight is 275 g/mol. The number of halogens is 2. The van der Waals surface area contributed by atoms with Crippen molar-refractivity contribution in [3.63, 3.8) is 0 Å². The fraction of sp³-hybridized carbons (Fsp3) is 0.455. The second kappa shape index (κ2) is 4.65. The number of hydrogen-bond acceptors (Lipinski definition) is 1. The Morgan fingerprint density at radius 1 is 1.36 bits per heavy atom. The predicted octanol–water partition coefficient (Wildman–Crippen LogP) is 3.92. The van der Waals surface area contributed by atoms with Gasteiger partial charge in [0.15, 0.2) is 0 Å². The summed E-state index contributed by atoms with van der Waals surface area (Å²) >= 11 is 9.65. The fourth-order valence-electron chi connectivity index (χ4n) is 1.90. The molecule has 1 N–H and O–H groups in total. The highest BCUT2D eigenvalue weighted by Gasteiger charge is 2.17. The van der Waals surface area contributed by atoms with Crippen LogP contribution in [0.1, 0.15) is 30.9 Å². The number of benzene rings is 1. The molecule has 1 aliphatic rings. The van der Waals surface area contributed by atoms with Crippen LogP contribution >= 0.6 is 27.5 Å². The number of rotatable bonds is 1. The molecule has 76 valence electrons. The first-order valence-corrected chi connectivity index (χ1v) is 6.13. The lowest BCUT2D eigenvalue weighted by molar-refractivity contribution is 0.412. The highest BCUT2D eigenvalue weighted by Crippen LogP contribution is 2.30. The minimum atomic E-state index is 0.439. The molecule has 0 amide bonds. The van der Waals surface area contributed by atoms with Crippen molar-refractivity contribution < 1.29 is 0 Å². The van der Waals surface area contributed by atoms with Crippen LogP contribution in [0.15, 0.2) is 22.7 Å². The molecule has 1 saturated heterocycles. The van der Waals surface area contributed by atoms with Crippen molar-refractivity contribution in [2.45, 2.75) is 25.3 Å². The van der Waals surface area contributed by atoms with E-state index >= 15 is 0 Å². The van der Waals surface area contributed by atoms with E-state index < -0.39 is 0 Å². The van der Waals surface area contributed by atoms with E-state index in [0.717, 1.165) is 16.0 Å². The molecule has 0 saturated carbocycles. The van der Waals surface area contributed by atoms with E-state index in [1.807, 2.05) is 12.1 Å². The minimum Gasteiger partial charge on any atom is -0.310 e. The van der Waals surface area contributed by atoms with E-state index in [1.54, 1.807) is 0 Å². The van der Waals surface area contributed by atoms with Crippen LogP contribution in [0.3, 0.4) is 0 Å². The van der Waals surface area contributed by atoms with Gasteiger partial charge in [-0.05, 0) is 43.1 Å². The van der Waals surface area contributed by atoms with Gasteiger partial charge in [-0.2, -0.15) is 0 Å². The van der Waals surface area contributed by atoms with Crippen LogP contribution in [0.5, 0.6) is 0 Å². The van der Waals surface area contributed by atoms with Gasteiger partial charge in [-0.1, -0.05) is 34.0 Å². The Balaban J connectivity index is 2.24. The van der Waals surface area contributed by atoms with Crippen molar-refractivity contribution in [1.82, 2.24) is 5.32 Å². The van der Waals surface area contributed by atoms with Gasteiger partial charge in [0.2, 0.25) is 0 Å². The lowest BCUT2D eigenvalue weighted by atomic mass is 9.98. The van der Waals surface area contributed by atoms with Gasteiger partial charge in [-0.15, -0.1) is 0 Å². The zero-order valence-electron chi connectivity index (χ0n) is 7.89. The third-order valence-electron chi connectivity index (χ3n) is 2.64. The van der Waals surface area contributed by atoms with Gasteiger partial charge in [0, 0.05) is 15.5 Å². The Morgan fingerprint density at radius 3 is 2.93 bits per heavy atom. The summed E-state index contributed by atoms with van der Waals surface area (Å²) < 4.78 is 1.10. The van der Waals surface area contributed by atoms with Crippen LogP contribution in [0.2, 0.25) is 5.02 Å².